The van der Waals surface area contributed by atoms with Gasteiger partial charge in [-0.2, -0.15) is 0 Å². The highest BCUT2D eigenvalue weighted by Gasteiger charge is 2.11. The Morgan fingerprint density at radius 2 is 2.17 bits per heavy atom. The van der Waals surface area contributed by atoms with E-state index in [1.54, 1.807) is 0 Å². The Labute approximate surface area is 112 Å². The topological polar surface area (TPSA) is 61.2 Å². The number of hydrogen-bond acceptors (Lipinski definition) is 4. The Kier molecular flexibility index (Phi) is 3.54. The van der Waals surface area contributed by atoms with Gasteiger partial charge in [0.15, 0.2) is 0 Å². The van der Waals surface area contributed by atoms with Crippen LogP contribution in [0.15, 0.2) is 23.3 Å². The number of halogens is 2. The molecule has 1 aromatic carbocycles. The standard InChI is InChI=1S/C11H8Cl2N2O3/c1-18-9(16)4-15-5-14-10-7(11(15)17)2-6(12)3-8(10)13/h2-3,5H,4H2,1H3. The molecule has 2 aromatic rings. The minimum absolute atomic E-state index is 0.206. The number of nitrogens with zero attached hydrogens (tertiary/aromatic N) is 2. The Morgan fingerprint density at radius 1 is 1.44 bits per heavy atom. The first-order valence-electron chi connectivity index (χ1n) is 4.94. The Bertz CT molecular complexity index is 682. The molecule has 0 N–H and O–H groups in total. The molecular weight excluding hydrogens is 279 g/mol. The van der Waals surface area contributed by atoms with Crippen LogP contribution in [0, 0.1) is 0 Å². The second-order valence-corrected chi connectivity index (χ2v) is 4.38. The minimum Gasteiger partial charge on any atom is -0.468 e. The third-order valence-corrected chi connectivity index (χ3v) is 2.88. The quantitative estimate of drug-likeness (QED) is 0.791. The number of methoxy groups -OCH3 is 1. The molecule has 0 aliphatic heterocycles. The van der Waals surface area contributed by atoms with Crippen molar-refractivity contribution in [1.82, 2.24) is 9.55 Å². The van der Waals surface area contributed by atoms with Crippen LogP contribution in [0.5, 0.6) is 0 Å². The van der Waals surface area contributed by atoms with E-state index in [1.165, 1.54) is 25.6 Å². The lowest BCUT2D eigenvalue weighted by molar-refractivity contribution is -0.141. The van der Waals surface area contributed by atoms with Crippen LogP contribution < -0.4 is 5.56 Å². The van der Waals surface area contributed by atoms with Crippen molar-refractivity contribution < 1.29 is 9.53 Å². The molecule has 94 valence electrons. The molecule has 0 radical (unpaired) electrons. The second-order valence-electron chi connectivity index (χ2n) is 3.54. The normalized spacial score (nSPS) is 10.6. The molecule has 7 heteroatoms. The summed E-state index contributed by atoms with van der Waals surface area (Å²) < 4.78 is 5.63. The summed E-state index contributed by atoms with van der Waals surface area (Å²) in [5.41, 5.74) is -0.0398. The summed E-state index contributed by atoms with van der Waals surface area (Å²) >= 11 is 11.8. The van der Waals surface area contributed by atoms with Crippen molar-refractivity contribution in [3.63, 3.8) is 0 Å². The molecule has 1 aromatic heterocycles. The first-order chi connectivity index (χ1) is 8.52. The monoisotopic (exact) mass is 286 g/mol. The van der Waals surface area contributed by atoms with E-state index in [-0.39, 0.29) is 11.9 Å². The molecule has 0 fully saturated rings. The van der Waals surface area contributed by atoms with Gasteiger partial charge in [-0.25, -0.2) is 4.98 Å². The Morgan fingerprint density at radius 3 is 2.83 bits per heavy atom. The van der Waals surface area contributed by atoms with Crippen molar-refractivity contribution in [3.05, 3.63) is 38.9 Å². The van der Waals surface area contributed by atoms with Gasteiger partial charge < -0.3 is 4.74 Å². The number of carbonyl (C=O) groups excluding carboxylic acids is 1. The number of esters is 1. The number of hydrogen-bond donors (Lipinski definition) is 0. The summed E-state index contributed by atoms with van der Waals surface area (Å²) in [7, 11) is 1.25. The molecule has 0 atom stereocenters. The van der Waals surface area contributed by atoms with Crippen LogP contribution in [-0.2, 0) is 16.1 Å². The number of rotatable bonds is 2. The van der Waals surface area contributed by atoms with Crippen molar-refractivity contribution in [2.45, 2.75) is 6.54 Å². The second kappa shape index (κ2) is 4.96. The molecule has 0 saturated carbocycles. The van der Waals surface area contributed by atoms with Gasteiger partial charge in [0.1, 0.15) is 6.54 Å². The molecule has 2 rings (SSSR count). The summed E-state index contributed by atoms with van der Waals surface area (Å²) in [5.74, 6) is -0.536. The number of benzene rings is 1. The van der Waals surface area contributed by atoms with Gasteiger partial charge in [0.2, 0.25) is 0 Å². The largest absolute Gasteiger partial charge is 0.468 e. The summed E-state index contributed by atoms with van der Waals surface area (Å²) in [6.07, 6.45) is 1.25. The van der Waals surface area contributed by atoms with Gasteiger partial charge in [0, 0.05) is 5.02 Å². The van der Waals surface area contributed by atoms with Crippen molar-refractivity contribution in [3.8, 4) is 0 Å². The van der Waals surface area contributed by atoms with Crippen LogP contribution in [-0.4, -0.2) is 22.6 Å². The highest BCUT2D eigenvalue weighted by atomic mass is 35.5. The summed E-state index contributed by atoms with van der Waals surface area (Å²) in [5, 5.41) is 0.890. The third-order valence-electron chi connectivity index (χ3n) is 2.37. The fraction of sp³-hybridized carbons (Fsp3) is 0.182. The highest BCUT2D eigenvalue weighted by molar-refractivity contribution is 6.38. The van der Waals surface area contributed by atoms with E-state index < -0.39 is 11.5 Å². The third kappa shape index (κ3) is 2.32. The van der Waals surface area contributed by atoms with E-state index in [4.69, 9.17) is 23.2 Å². The van der Waals surface area contributed by atoms with Crippen molar-refractivity contribution in [2.75, 3.05) is 7.11 Å². The average Bonchev–Trinajstić information content (AvgIpc) is 2.33. The Hall–Kier alpha value is -1.59. The van der Waals surface area contributed by atoms with E-state index in [1.807, 2.05) is 0 Å². The van der Waals surface area contributed by atoms with Crippen molar-refractivity contribution >= 4 is 40.1 Å². The SMILES string of the molecule is COC(=O)Cn1cnc2c(Cl)cc(Cl)cc2c1=O. The zero-order valence-corrected chi connectivity index (χ0v) is 10.8. The molecule has 1 heterocycles. The first-order valence-corrected chi connectivity index (χ1v) is 5.69. The molecule has 18 heavy (non-hydrogen) atoms. The predicted octanol–water partition coefficient (Wildman–Crippen LogP) is 1.88. The van der Waals surface area contributed by atoms with Crippen LogP contribution >= 0.6 is 23.2 Å². The van der Waals surface area contributed by atoms with Gasteiger partial charge in [-0.3, -0.25) is 14.2 Å². The van der Waals surface area contributed by atoms with E-state index in [9.17, 15) is 9.59 Å². The van der Waals surface area contributed by atoms with Crippen molar-refractivity contribution in [2.24, 2.45) is 0 Å². The molecule has 0 aliphatic rings. The summed E-state index contributed by atoms with van der Waals surface area (Å²) in [6.45, 7) is -0.206. The summed E-state index contributed by atoms with van der Waals surface area (Å²) in [6, 6.07) is 2.97. The van der Waals surface area contributed by atoms with Crippen LogP contribution in [0.3, 0.4) is 0 Å². The van der Waals surface area contributed by atoms with Gasteiger partial charge in [-0.1, -0.05) is 23.2 Å². The maximum absolute atomic E-state index is 12.1. The predicted molar refractivity (Wildman–Crippen MR) is 68.0 cm³/mol. The number of aromatic nitrogens is 2. The van der Waals surface area contributed by atoms with E-state index in [2.05, 4.69) is 9.72 Å². The fourth-order valence-electron chi connectivity index (χ4n) is 1.51. The van der Waals surface area contributed by atoms with Crippen molar-refractivity contribution in [1.29, 1.82) is 0 Å². The summed E-state index contributed by atoms with van der Waals surface area (Å²) in [4.78, 5) is 27.3. The van der Waals surface area contributed by atoms with Gasteiger partial charge in [0.25, 0.3) is 5.56 Å². The van der Waals surface area contributed by atoms with Crippen LogP contribution in [0.4, 0.5) is 0 Å². The van der Waals surface area contributed by atoms with Gasteiger partial charge >= 0.3 is 5.97 Å². The lowest BCUT2D eigenvalue weighted by Crippen LogP contribution is -2.25. The van der Waals surface area contributed by atoms with Gasteiger partial charge in [-0.05, 0) is 12.1 Å². The van der Waals surface area contributed by atoms with E-state index in [0.717, 1.165) is 4.57 Å². The minimum atomic E-state index is -0.536. The fourth-order valence-corrected chi connectivity index (χ4v) is 2.05. The lowest BCUT2D eigenvalue weighted by atomic mass is 10.2. The van der Waals surface area contributed by atoms with E-state index in [0.29, 0.717) is 15.6 Å². The number of carbonyl (C=O) groups is 1. The van der Waals surface area contributed by atoms with E-state index >= 15 is 0 Å². The smallest absolute Gasteiger partial charge is 0.325 e. The molecule has 0 unspecified atom stereocenters. The number of fused-ring (bicyclic) bond motifs is 1. The van der Waals surface area contributed by atoms with Crippen LogP contribution in [0.25, 0.3) is 10.9 Å². The maximum Gasteiger partial charge on any atom is 0.325 e. The number of ether oxygens (including phenoxy) is 1. The molecule has 0 bridgehead atoms. The average molecular weight is 287 g/mol. The lowest BCUT2D eigenvalue weighted by Gasteiger charge is -2.06. The van der Waals surface area contributed by atoms with Crippen LogP contribution in [0.2, 0.25) is 10.0 Å². The highest BCUT2D eigenvalue weighted by Crippen LogP contribution is 2.23. The van der Waals surface area contributed by atoms with Gasteiger partial charge in [0.05, 0.1) is 29.4 Å². The van der Waals surface area contributed by atoms with Gasteiger partial charge in [-0.15, -0.1) is 0 Å². The van der Waals surface area contributed by atoms with Crippen LogP contribution in [0.1, 0.15) is 0 Å². The molecule has 5 nitrogen and oxygen atoms in total. The molecule has 0 amide bonds. The zero-order chi connectivity index (χ0) is 13.3. The Balaban J connectivity index is 2.64. The molecular formula is C11H8Cl2N2O3. The molecule has 0 saturated heterocycles. The first kappa shape index (κ1) is 12.9. The molecule has 0 aliphatic carbocycles. The molecule has 0 spiro atoms. The zero-order valence-electron chi connectivity index (χ0n) is 9.31. The maximum atomic E-state index is 12.1.